The molecule has 0 saturated carbocycles. The lowest BCUT2D eigenvalue weighted by atomic mass is 10.1. The highest BCUT2D eigenvalue weighted by atomic mass is 16.6. The highest BCUT2D eigenvalue weighted by molar-refractivity contribution is 5.66. The monoisotopic (exact) mass is 240 g/mol. The molecule has 94 valence electrons. The van der Waals surface area contributed by atoms with Gasteiger partial charge in [-0.05, 0) is 19.4 Å². The second-order valence-electron chi connectivity index (χ2n) is 4.23. The van der Waals surface area contributed by atoms with Crippen molar-refractivity contribution in [1.29, 1.82) is 0 Å². The number of para-hydroxylation sites is 1. The fraction of sp³-hybridized carbons (Fsp3) is 0.455. The summed E-state index contributed by atoms with van der Waals surface area (Å²) in [6.45, 7) is 2.81. The van der Waals surface area contributed by atoms with Crippen molar-refractivity contribution >= 4 is 11.4 Å². The SMILES string of the molecule is Cc1cccc([N+](=O)[O-])c1NCC(C)(O)CO. The Hall–Kier alpha value is -1.66. The molecular weight excluding hydrogens is 224 g/mol. The average molecular weight is 240 g/mol. The Morgan fingerprint density at radius 2 is 2.18 bits per heavy atom. The van der Waals surface area contributed by atoms with Gasteiger partial charge in [-0.3, -0.25) is 10.1 Å². The number of nitrogens with one attached hydrogen (secondary N) is 1. The second kappa shape index (κ2) is 5.11. The molecule has 0 heterocycles. The number of nitro benzene ring substituents is 1. The lowest BCUT2D eigenvalue weighted by Crippen LogP contribution is -2.37. The molecule has 0 bridgehead atoms. The number of hydrogen-bond donors (Lipinski definition) is 3. The van der Waals surface area contributed by atoms with Crippen LogP contribution >= 0.6 is 0 Å². The zero-order valence-corrected chi connectivity index (χ0v) is 9.80. The molecule has 6 nitrogen and oxygen atoms in total. The molecule has 3 N–H and O–H groups in total. The number of aliphatic hydroxyl groups excluding tert-OH is 1. The van der Waals surface area contributed by atoms with Gasteiger partial charge in [0.15, 0.2) is 0 Å². The highest BCUT2D eigenvalue weighted by Crippen LogP contribution is 2.27. The van der Waals surface area contributed by atoms with E-state index in [2.05, 4.69) is 5.32 Å². The summed E-state index contributed by atoms with van der Waals surface area (Å²) in [5.41, 5.74) is -0.270. The minimum atomic E-state index is -1.31. The molecule has 1 rings (SSSR count). The zero-order valence-electron chi connectivity index (χ0n) is 9.80. The van der Waals surface area contributed by atoms with Gasteiger partial charge < -0.3 is 15.5 Å². The Morgan fingerprint density at radius 3 is 2.71 bits per heavy atom. The predicted octanol–water partition coefficient (Wildman–Crippen LogP) is 1.06. The van der Waals surface area contributed by atoms with Crippen LogP contribution in [0.15, 0.2) is 18.2 Å². The van der Waals surface area contributed by atoms with Gasteiger partial charge in [0.2, 0.25) is 0 Å². The summed E-state index contributed by atoms with van der Waals surface area (Å²) in [7, 11) is 0. The molecule has 0 fully saturated rings. The fourth-order valence-corrected chi connectivity index (χ4v) is 1.37. The summed E-state index contributed by atoms with van der Waals surface area (Å²) >= 11 is 0. The van der Waals surface area contributed by atoms with Gasteiger partial charge in [-0.1, -0.05) is 12.1 Å². The quantitative estimate of drug-likeness (QED) is 0.528. The topological polar surface area (TPSA) is 95.6 Å². The third kappa shape index (κ3) is 3.40. The van der Waals surface area contributed by atoms with Crippen molar-refractivity contribution in [3.63, 3.8) is 0 Å². The van der Waals surface area contributed by atoms with E-state index in [1.807, 2.05) is 0 Å². The first-order valence-corrected chi connectivity index (χ1v) is 5.18. The van der Waals surface area contributed by atoms with Gasteiger partial charge in [-0.25, -0.2) is 0 Å². The number of aliphatic hydroxyl groups is 2. The van der Waals surface area contributed by atoms with E-state index in [9.17, 15) is 15.2 Å². The van der Waals surface area contributed by atoms with Crippen molar-refractivity contribution in [3.8, 4) is 0 Å². The van der Waals surface area contributed by atoms with Gasteiger partial charge in [0.25, 0.3) is 5.69 Å². The van der Waals surface area contributed by atoms with Crippen molar-refractivity contribution in [2.75, 3.05) is 18.5 Å². The second-order valence-corrected chi connectivity index (χ2v) is 4.23. The molecule has 17 heavy (non-hydrogen) atoms. The van der Waals surface area contributed by atoms with E-state index in [0.29, 0.717) is 11.3 Å². The van der Waals surface area contributed by atoms with Crippen molar-refractivity contribution in [3.05, 3.63) is 33.9 Å². The van der Waals surface area contributed by atoms with Crippen LogP contribution in [0.4, 0.5) is 11.4 Å². The predicted molar refractivity (Wildman–Crippen MR) is 64.0 cm³/mol. The third-order valence-electron chi connectivity index (χ3n) is 2.43. The van der Waals surface area contributed by atoms with Gasteiger partial charge in [0, 0.05) is 12.6 Å². The number of anilines is 1. The molecular formula is C11H16N2O4. The van der Waals surface area contributed by atoms with Gasteiger partial charge in [0.1, 0.15) is 11.3 Å². The minimum absolute atomic E-state index is 0.0369. The van der Waals surface area contributed by atoms with Gasteiger partial charge in [-0.15, -0.1) is 0 Å². The maximum atomic E-state index is 10.8. The lowest BCUT2D eigenvalue weighted by molar-refractivity contribution is -0.384. The molecule has 6 heteroatoms. The first kappa shape index (κ1) is 13.4. The summed E-state index contributed by atoms with van der Waals surface area (Å²) < 4.78 is 0. The van der Waals surface area contributed by atoms with E-state index in [-0.39, 0.29) is 12.2 Å². The van der Waals surface area contributed by atoms with Crippen LogP contribution in [0.5, 0.6) is 0 Å². The molecule has 0 aromatic heterocycles. The molecule has 1 atom stereocenters. The molecule has 0 amide bonds. The van der Waals surface area contributed by atoms with Crippen LogP contribution < -0.4 is 5.32 Å². The summed E-state index contributed by atoms with van der Waals surface area (Å²) in [6.07, 6.45) is 0. The van der Waals surface area contributed by atoms with E-state index in [4.69, 9.17) is 5.11 Å². The average Bonchev–Trinajstić information content (AvgIpc) is 2.27. The van der Waals surface area contributed by atoms with Crippen LogP contribution in [-0.2, 0) is 0 Å². The molecule has 0 spiro atoms. The summed E-state index contributed by atoms with van der Waals surface area (Å²) in [6, 6.07) is 4.73. The maximum Gasteiger partial charge on any atom is 0.292 e. The van der Waals surface area contributed by atoms with E-state index in [0.717, 1.165) is 0 Å². The molecule has 0 radical (unpaired) electrons. The Labute approximate surface area is 99.0 Å². The standard InChI is InChI=1S/C11H16N2O4/c1-8-4-3-5-9(13(16)17)10(8)12-6-11(2,15)7-14/h3-5,12,14-15H,6-7H2,1-2H3. The van der Waals surface area contributed by atoms with Crippen LogP contribution in [0.1, 0.15) is 12.5 Å². The fourth-order valence-electron chi connectivity index (χ4n) is 1.37. The molecule has 1 unspecified atom stereocenters. The molecule has 0 aliphatic carbocycles. The largest absolute Gasteiger partial charge is 0.393 e. The summed E-state index contributed by atoms with van der Waals surface area (Å²) in [5.74, 6) is 0. The van der Waals surface area contributed by atoms with Crippen molar-refractivity contribution in [2.45, 2.75) is 19.4 Å². The maximum absolute atomic E-state index is 10.8. The van der Waals surface area contributed by atoms with Crippen LogP contribution in [0.3, 0.4) is 0 Å². The zero-order chi connectivity index (χ0) is 13.1. The van der Waals surface area contributed by atoms with Crippen molar-refractivity contribution in [1.82, 2.24) is 0 Å². The number of aryl methyl sites for hydroxylation is 1. The van der Waals surface area contributed by atoms with Crippen LogP contribution in [0, 0.1) is 17.0 Å². The van der Waals surface area contributed by atoms with Gasteiger partial charge in [0.05, 0.1) is 11.5 Å². The van der Waals surface area contributed by atoms with Crippen molar-refractivity contribution < 1.29 is 15.1 Å². The number of hydrogen-bond acceptors (Lipinski definition) is 5. The number of benzene rings is 1. The van der Waals surface area contributed by atoms with Gasteiger partial charge >= 0.3 is 0 Å². The minimum Gasteiger partial charge on any atom is -0.393 e. The van der Waals surface area contributed by atoms with Crippen LogP contribution in [0.25, 0.3) is 0 Å². The number of rotatable bonds is 5. The first-order valence-electron chi connectivity index (χ1n) is 5.18. The van der Waals surface area contributed by atoms with Crippen molar-refractivity contribution in [2.24, 2.45) is 0 Å². The smallest absolute Gasteiger partial charge is 0.292 e. The van der Waals surface area contributed by atoms with E-state index < -0.39 is 17.1 Å². The molecule has 0 aliphatic rings. The Balaban J connectivity index is 2.94. The van der Waals surface area contributed by atoms with Crippen LogP contribution in [0.2, 0.25) is 0 Å². The van der Waals surface area contributed by atoms with E-state index in [1.54, 1.807) is 19.1 Å². The van der Waals surface area contributed by atoms with Crippen LogP contribution in [-0.4, -0.2) is 33.9 Å². The molecule has 0 saturated heterocycles. The molecule has 1 aromatic rings. The summed E-state index contributed by atoms with van der Waals surface area (Å²) in [5, 5.41) is 32.1. The Bertz CT molecular complexity index is 418. The normalized spacial score (nSPS) is 14.1. The third-order valence-corrected chi connectivity index (χ3v) is 2.43. The van der Waals surface area contributed by atoms with Gasteiger partial charge in [-0.2, -0.15) is 0 Å². The Kier molecular flexibility index (Phi) is 4.03. The first-order chi connectivity index (χ1) is 7.87. The summed E-state index contributed by atoms with van der Waals surface area (Å²) in [4.78, 5) is 10.3. The number of nitrogens with zero attached hydrogens (tertiary/aromatic N) is 1. The Morgan fingerprint density at radius 1 is 1.53 bits per heavy atom. The lowest BCUT2D eigenvalue weighted by Gasteiger charge is -2.21. The van der Waals surface area contributed by atoms with E-state index >= 15 is 0 Å². The van der Waals surface area contributed by atoms with E-state index in [1.165, 1.54) is 13.0 Å². The molecule has 1 aromatic carbocycles. The highest BCUT2D eigenvalue weighted by Gasteiger charge is 2.22. The number of nitro groups is 1. The molecule has 0 aliphatic heterocycles.